The number of urea groups is 1. The first kappa shape index (κ1) is 19.6. The van der Waals surface area contributed by atoms with Crippen molar-refractivity contribution in [3.63, 3.8) is 0 Å². The van der Waals surface area contributed by atoms with Gasteiger partial charge in [-0.3, -0.25) is 9.69 Å². The van der Waals surface area contributed by atoms with Crippen LogP contribution in [0.2, 0.25) is 0 Å². The first-order valence-corrected chi connectivity index (χ1v) is 9.66. The van der Waals surface area contributed by atoms with Gasteiger partial charge in [0.1, 0.15) is 0 Å². The predicted molar refractivity (Wildman–Crippen MR) is 100 cm³/mol. The summed E-state index contributed by atoms with van der Waals surface area (Å²) in [5.74, 6) is 0.0218. The van der Waals surface area contributed by atoms with E-state index in [1.54, 1.807) is 11.8 Å². The number of aliphatic carboxylic acids is 1. The Labute approximate surface area is 153 Å². The quantitative estimate of drug-likeness (QED) is 0.462. The van der Waals surface area contributed by atoms with Crippen LogP contribution in [0.3, 0.4) is 0 Å². The minimum atomic E-state index is -0.804. The molecule has 7 heteroatoms. The third-order valence-corrected chi connectivity index (χ3v) is 5.40. The minimum Gasteiger partial charge on any atom is -0.480 e. The van der Waals surface area contributed by atoms with E-state index in [9.17, 15) is 9.59 Å². The van der Waals surface area contributed by atoms with Gasteiger partial charge >= 0.3 is 12.0 Å². The van der Waals surface area contributed by atoms with Gasteiger partial charge in [0.15, 0.2) is 0 Å². The van der Waals surface area contributed by atoms with Crippen LogP contribution in [-0.4, -0.2) is 59.5 Å². The molecule has 1 fully saturated rings. The first-order valence-electron chi connectivity index (χ1n) is 8.67. The van der Waals surface area contributed by atoms with Crippen LogP contribution < -0.4 is 10.6 Å². The number of carboxylic acids is 1. The highest BCUT2D eigenvalue weighted by Gasteiger charge is 2.34. The van der Waals surface area contributed by atoms with E-state index < -0.39 is 5.97 Å². The number of carboxylic acid groups (broad SMARTS) is 1. The molecule has 0 aliphatic heterocycles. The van der Waals surface area contributed by atoms with Crippen LogP contribution >= 0.6 is 11.8 Å². The van der Waals surface area contributed by atoms with Crippen molar-refractivity contribution in [2.24, 2.45) is 0 Å². The normalized spacial score (nSPS) is 19.3. The SMILES string of the molecule is CCN(CC(=O)O)C1CC(NC(=O)NCCSc2ccc(C)cc2)C1. The van der Waals surface area contributed by atoms with Crippen LogP contribution in [0.5, 0.6) is 0 Å². The number of amides is 2. The molecule has 0 bridgehead atoms. The molecule has 1 aliphatic rings. The Kier molecular flexibility index (Phi) is 7.58. The lowest BCUT2D eigenvalue weighted by atomic mass is 9.85. The number of benzene rings is 1. The Morgan fingerprint density at radius 3 is 2.56 bits per heavy atom. The molecule has 2 rings (SSSR count). The van der Waals surface area contributed by atoms with E-state index in [2.05, 4.69) is 41.8 Å². The number of rotatable bonds is 9. The maximum absolute atomic E-state index is 11.9. The summed E-state index contributed by atoms with van der Waals surface area (Å²) in [5.41, 5.74) is 1.24. The van der Waals surface area contributed by atoms with Gasteiger partial charge in [0.2, 0.25) is 0 Å². The first-order chi connectivity index (χ1) is 12.0. The number of nitrogens with one attached hydrogen (secondary N) is 2. The molecular formula is C18H27N3O3S. The number of hydrogen-bond acceptors (Lipinski definition) is 4. The standard InChI is InChI=1S/C18H27N3O3S/c1-3-21(12-17(22)23)15-10-14(11-15)20-18(24)19-8-9-25-16-6-4-13(2)5-7-16/h4-7,14-15H,3,8-12H2,1-2H3,(H,22,23)(H2,19,20,24). The van der Waals surface area contributed by atoms with Crippen molar-refractivity contribution < 1.29 is 14.7 Å². The fraction of sp³-hybridized carbons (Fsp3) is 0.556. The highest BCUT2D eigenvalue weighted by Crippen LogP contribution is 2.25. The molecule has 6 nitrogen and oxygen atoms in total. The summed E-state index contributed by atoms with van der Waals surface area (Å²) in [5, 5.41) is 14.7. The zero-order valence-electron chi connectivity index (χ0n) is 14.8. The van der Waals surface area contributed by atoms with Crippen LogP contribution in [0, 0.1) is 6.92 Å². The smallest absolute Gasteiger partial charge is 0.317 e. The fourth-order valence-corrected chi connectivity index (χ4v) is 3.65. The summed E-state index contributed by atoms with van der Waals surface area (Å²) in [7, 11) is 0. The highest BCUT2D eigenvalue weighted by atomic mass is 32.2. The van der Waals surface area contributed by atoms with E-state index in [1.165, 1.54) is 10.5 Å². The van der Waals surface area contributed by atoms with Crippen LogP contribution in [0.25, 0.3) is 0 Å². The third-order valence-electron chi connectivity index (χ3n) is 4.39. The van der Waals surface area contributed by atoms with E-state index in [-0.39, 0.29) is 24.7 Å². The second kappa shape index (κ2) is 9.68. The molecule has 1 aliphatic carbocycles. The van der Waals surface area contributed by atoms with Crippen LogP contribution in [-0.2, 0) is 4.79 Å². The summed E-state index contributed by atoms with van der Waals surface area (Å²) >= 11 is 1.72. The molecule has 0 spiro atoms. The van der Waals surface area contributed by atoms with Crippen molar-refractivity contribution in [2.45, 2.75) is 43.7 Å². The second-order valence-corrected chi connectivity index (χ2v) is 7.51. The monoisotopic (exact) mass is 365 g/mol. The molecular weight excluding hydrogens is 338 g/mol. The molecule has 1 saturated carbocycles. The van der Waals surface area contributed by atoms with Gasteiger partial charge in [-0.1, -0.05) is 24.6 Å². The van der Waals surface area contributed by atoms with E-state index in [1.807, 2.05) is 11.8 Å². The minimum absolute atomic E-state index is 0.0658. The van der Waals surface area contributed by atoms with Gasteiger partial charge < -0.3 is 15.7 Å². The zero-order chi connectivity index (χ0) is 18.2. The summed E-state index contributed by atoms with van der Waals surface area (Å²) in [6.45, 7) is 5.41. The lowest BCUT2D eigenvalue weighted by Crippen LogP contribution is -2.56. The molecule has 1 aromatic rings. The summed E-state index contributed by atoms with van der Waals surface area (Å²) < 4.78 is 0. The molecule has 3 N–H and O–H groups in total. The lowest BCUT2D eigenvalue weighted by Gasteiger charge is -2.42. The Morgan fingerprint density at radius 2 is 1.96 bits per heavy atom. The van der Waals surface area contributed by atoms with Crippen LogP contribution in [0.4, 0.5) is 4.79 Å². The van der Waals surface area contributed by atoms with Crippen molar-refractivity contribution in [1.82, 2.24) is 15.5 Å². The van der Waals surface area contributed by atoms with Crippen LogP contribution in [0.1, 0.15) is 25.3 Å². The van der Waals surface area contributed by atoms with Gasteiger partial charge in [-0.2, -0.15) is 0 Å². The van der Waals surface area contributed by atoms with Crippen molar-refractivity contribution in [3.8, 4) is 0 Å². The molecule has 0 saturated heterocycles. The van der Waals surface area contributed by atoms with Crippen molar-refractivity contribution in [3.05, 3.63) is 29.8 Å². The van der Waals surface area contributed by atoms with E-state index in [4.69, 9.17) is 5.11 Å². The van der Waals surface area contributed by atoms with Crippen molar-refractivity contribution in [2.75, 3.05) is 25.4 Å². The van der Waals surface area contributed by atoms with Crippen LogP contribution in [0.15, 0.2) is 29.2 Å². The molecule has 0 heterocycles. The molecule has 138 valence electrons. The molecule has 0 radical (unpaired) electrons. The maximum Gasteiger partial charge on any atom is 0.317 e. The van der Waals surface area contributed by atoms with Gasteiger partial charge in [-0.25, -0.2) is 4.79 Å². The number of thioether (sulfide) groups is 1. The zero-order valence-corrected chi connectivity index (χ0v) is 15.6. The highest BCUT2D eigenvalue weighted by molar-refractivity contribution is 7.99. The topological polar surface area (TPSA) is 81.7 Å². The predicted octanol–water partition coefficient (Wildman–Crippen LogP) is 2.32. The molecule has 0 unspecified atom stereocenters. The third kappa shape index (κ3) is 6.59. The number of carbonyl (C=O) groups excluding carboxylic acids is 1. The molecule has 1 aromatic carbocycles. The van der Waals surface area contributed by atoms with Gasteiger partial charge in [0, 0.05) is 29.3 Å². The molecule has 0 atom stereocenters. The van der Waals surface area contributed by atoms with Gasteiger partial charge in [-0.15, -0.1) is 11.8 Å². The lowest BCUT2D eigenvalue weighted by molar-refractivity contribution is -0.139. The Hall–Kier alpha value is -1.73. The Balaban J connectivity index is 1.57. The average molecular weight is 365 g/mol. The molecule has 2 amide bonds. The number of likely N-dealkylation sites (N-methyl/N-ethyl adjacent to an activating group) is 1. The number of carbonyl (C=O) groups is 2. The van der Waals surface area contributed by atoms with Gasteiger partial charge in [-0.05, 0) is 38.4 Å². The van der Waals surface area contributed by atoms with Crippen molar-refractivity contribution >= 4 is 23.8 Å². The Morgan fingerprint density at radius 1 is 1.28 bits per heavy atom. The molecule has 0 aromatic heterocycles. The summed E-state index contributed by atoms with van der Waals surface area (Å²) in [6, 6.07) is 8.59. The van der Waals surface area contributed by atoms with Gasteiger partial charge in [0.25, 0.3) is 0 Å². The van der Waals surface area contributed by atoms with E-state index in [0.717, 1.165) is 18.6 Å². The fourth-order valence-electron chi connectivity index (χ4n) is 2.88. The largest absolute Gasteiger partial charge is 0.480 e. The Bertz CT molecular complexity index is 573. The van der Waals surface area contributed by atoms with E-state index >= 15 is 0 Å². The number of hydrogen-bond donors (Lipinski definition) is 3. The number of aryl methyl sites for hydroxylation is 1. The molecule has 25 heavy (non-hydrogen) atoms. The number of nitrogens with zero attached hydrogens (tertiary/aromatic N) is 1. The van der Waals surface area contributed by atoms with E-state index in [0.29, 0.717) is 13.1 Å². The maximum atomic E-state index is 11.9. The second-order valence-electron chi connectivity index (χ2n) is 6.34. The summed E-state index contributed by atoms with van der Waals surface area (Å²) in [4.78, 5) is 25.8. The van der Waals surface area contributed by atoms with Crippen molar-refractivity contribution in [1.29, 1.82) is 0 Å². The van der Waals surface area contributed by atoms with Gasteiger partial charge in [0.05, 0.1) is 6.54 Å². The summed E-state index contributed by atoms with van der Waals surface area (Å²) in [6.07, 6.45) is 1.62. The average Bonchev–Trinajstić information content (AvgIpc) is 2.54.